The van der Waals surface area contributed by atoms with Crippen molar-refractivity contribution in [2.24, 2.45) is 56.7 Å². The van der Waals surface area contributed by atoms with E-state index in [1.165, 1.54) is 77.0 Å². The van der Waals surface area contributed by atoms with Crippen molar-refractivity contribution in [3.8, 4) is 0 Å². The third-order valence-corrected chi connectivity index (χ3v) is 9.72. The normalized spacial score (nSPS) is 22.3. The number of rotatable bonds is 2. The smallest absolute Gasteiger partial charge is 0.0521 e. The average Bonchev–Trinajstić information content (AvgIpc) is 3.45. The number of ether oxygens (including phenoxy) is 1. The van der Waals surface area contributed by atoms with Gasteiger partial charge in [-0.1, -0.05) is 142 Å². The molecule has 1 saturated heterocycles. The Morgan fingerprint density at radius 2 is 0.725 bits per heavy atom. The average molecular weight is 563 g/mol. The van der Waals surface area contributed by atoms with Gasteiger partial charge < -0.3 is 4.74 Å². The van der Waals surface area contributed by atoms with E-state index in [2.05, 4.69) is 104 Å². The highest BCUT2D eigenvalue weighted by atomic mass is 16.5. The molecule has 1 aliphatic heterocycles. The molecular formula is C39H78O. The van der Waals surface area contributed by atoms with E-state index in [9.17, 15) is 0 Å². The van der Waals surface area contributed by atoms with Crippen molar-refractivity contribution >= 4 is 0 Å². The van der Waals surface area contributed by atoms with E-state index in [4.69, 9.17) is 4.74 Å². The predicted octanol–water partition coefficient (Wildman–Crippen LogP) is 13.0. The second-order valence-corrected chi connectivity index (χ2v) is 20.0. The van der Waals surface area contributed by atoms with Gasteiger partial charge in [0, 0.05) is 5.92 Å². The first-order valence-corrected chi connectivity index (χ1v) is 17.5. The molecule has 5 fully saturated rings. The molecular weight excluding hydrogens is 484 g/mol. The Bertz CT molecular complexity index is 624. The molecule has 0 spiro atoms. The second-order valence-electron chi connectivity index (χ2n) is 20.0. The summed E-state index contributed by atoms with van der Waals surface area (Å²) in [4.78, 5) is 0. The van der Waals surface area contributed by atoms with Gasteiger partial charge in [-0.2, -0.15) is 0 Å². The van der Waals surface area contributed by atoms with Gasteiger partial charge in [0.1, 0.15) is 0 Å². The lowest BCUT2D eigenvalue weighted by Gasteiger charge is -2.37. The van der Waals surface area contributed by atoms with Gasteiger partial charge in [0.25, 0.3) is 0 Å². The van der Waals surface area contributed by atoms with Crippen LogP contribution < -0.4 is 0 Å². The third kappa shape index (κ3) is 19.2. The number of hydrogen-bond acceptors (Lipinski definition) is 1. The Morgan fingerprint density at radius 3 is 0.750 bits per heavy atom. The van der Waals surface area contributed by atoms with Crippen molar-refractivity contribution in [1.82, 2.24) is 0 Å². The molecule has 0 bridgehead atoms. The minimum absolute atomic E-state index is 0.470. The van der Waals surface area contributed by atoms with Crippen LogP contribution in [0, 0.1) is 56.7 Å². The zero-order valence-corrected chi connectivity index (χ0v) is 30.7. The maximum absolute atomic E-state index is 5.06. The quantitative estimate of drug-likeness (QED) is 0.325. The Morgan fingerprint density at radius 1 is 0.400 bits per heavy atom. The third-order valence-electron chi connectivity index (χ3n) is 9.72. The monoisotopic (exact) mass is 563 g/mol. The molecule has 1 nitrogen and oxygen atoms in total. The van der Waals surface area contributed by atoms with E-state index in [0.29, 0.717) is 27.1 Å². The molecule has 4 saturated carbocycles. The molecule has 1 heteroatoms. The van der Waals surface area contributed by atoms with Crippen LogP contribution in [0.1, 0.15) is 181 Å². The summed E-state index contributed by atoms with van der Waals surface area (Å²) in [5.41, 5.74) is 2.84. The van der Waals surface area contributed by atoms with E-state index >= 15 is 0 Å². The highest BCUT2D eigenvalue weighted by Crippen LogP contribution is 2.44. The summed E-state index contributed by atoms with van der Waals surface area (Å²) >= 11 is 0. The van der Waals surface area contributed by atoms with Crippen LogP contribution in [0.2, 0.25) is 0 Å². The van der Waals surface area contributed by atoms with E-state index in [1.807, 2.05) is 0 Å². The van der Waals surface area contributed by atoms with Crippen molar-refractivity contribution in [3.63, 3.8) is 0 Å². The van der Waals surface area contributed by atoms with Crippen molar-refractivity contribution in [3.05, 3.63) is 0 Å². The van der Waals surface area contributed by atoms with Gasteiger partial charge >= 0.3 is 0 Å². The maximum atomic E-state index is 5.06. The van der Waals surface area contributed by atoms with Gasteiger partial charge in [-0.15, -0.1) is 0 Å². The van der Waals surface area contributed by atoms with Crippen LogP contribution in [0.5, 0.6) is 0 Å². The summed E-state index contributed by atoms with van der Waals surface area (Å²) in [6.45, 7) is 36.7. The SMILES string of the molecule is CC(C)(C)C1CC1.CC(C)(C)C1CCC1.CC(C)(C)C1COC1.CC(C)(C)CC1CC1.CC(C)(C)CC1CCC1. The first-order valence-electron chi connectivity index (χ1n) is 17.5. The topological polar surface area (TPSA) is 9.23 Å². The van der Waals surface area contributed by atoms with Crippen LogP contribution in [0.4, 0.5) is 0 Å². The van der Waals surface area contributed by atoms with Crippen LogP contribution in [-0.2, 0) is 4.74 Å². The molecule has 40 heavy (non-hydrogen) atoms. The van der Waals surface area contributed by atoms with Gasteiger partial charge in [0.15, 0.2) is 0 Å². The minimum atomic E-state index is 0.470. The molecule has 0 aromatic carbocycles. The summed E-state index contributed by atoms with van der Waals surface area (Å²) in [5, 5.41) is 0. The molecule has 4 aliphatic carbocycles. The van der Waals surface area contributed by atoms with Crippen LogP contribution in [-0.4, -0.2) is 13.2 Å². The Kier molecular flexibility index (Phi) is 14.8. The Balaban J connectivity index is 0.000000250. The van der Waals surface area contributed by atoms with E-state index < -0.39 is 0 Å². The molecule has 0 radical (unpaired) electrons. The summed E-state index contributed by atoms with van der Waals surface area (Å²) in [5.74, 6) is 5.05. The highest BCUT2D eigenvalue weighted by molar-refractivity contribution is 4.84. The molecule has 0 amide bonds. The standard InChI is InChI=1S/C9H18.2C8H16.C7H14O.C7H14/c1-9(2,3)7-8-5-4-6-8;1-8(2,3)6-7-4-5-7;1-8(2,3)7-5-4-6-7;1-7(2,3)6-4-8-5-6;1-7(2,3)6-4-5-6/h8H,4-7H2,1-3H3;2*7H,4-6H2,1-3H3;6H,4-5H2,1-3H3;6H,4-5H2,1-3H3. The van der Waals surface area contributed by atoms with Crippen molar-refractivity contribution < 1.29 is 4.74 Å². The summed E-state index contributed by atoms with van der Waals surface area (Å²) in [6, 6.07) is 0. The molecule has 240 valence electrons. The van der Waals surface area contributed by atoms with Gasteiger partial charge in [-0.25, -0.2) is 0 Å². The summed E-state index contributed by atoms with van der Waals surface area (Å²) in [6.07, 6.45) is 17.7. The largest absolute Gasteiger partial charge is 0.381 e. The van der Waals surface area contributed by atoms with Gasteiger partial charge in [0.2, 0.25) is 0 Å². The second kappa shape index (κ2) is 15.6. The van der Waals surface area contributed by atoms with E-state index in [1.54, 1.807) is 0 Å². The lowest BCUT2D eigenvalue weighted by atomic mass is 9.69. The van der Waals surface area contributed by atoms with Crippen LogP contribution in [0.3, 0.4) is 0 Å². The van der Waals surface area contributed by atoms with Gasteiger partial charge in [-0.3, -0.25) is 0 Å². The summed E-state index contributed by atoms with van der Waals surface area (Å²) in [7, 11) is 0. The Labute approximate surface area is 255 Å². The molecule has 5 rings (SSSR count). The van der Waals surface area contributed by atoms with E-state index in [-0.39, 0.29) is 0 Å². The minimum Gasteiger partial charge on any atom is -0.381 e. The molecule has 1 heterocycles. The van der Waals surface area contributed by atoms with Crippen molar-refractivity contribution in [2.45, 2.75) is 181 Å². The van der Waals surface area contributed by atoms with Crippen LogP contribution in [0.25, 0.3) is 0 Å². The van der Waals surface area contributed by atoms with Crippen molar-refractivity contribution in [2.75, 3.05) is 13.2 Å². The zero-order chi connectivity index (χ0) is 31.0. The van der Waals surface area contributed by atoms with Gasteiger partial charge in [0.05, 0.1) is 13.2 Å². The van der Waals surface area contributed by atoms with Crippen molar-refractivity contribution in [1.29, 1.82) is 0 Å². The summed E-state index contributed by atoms with van der Waals surface area (Å²) < 4.78 is 5.06. The Hall–Kier alpha value is -0.0400. The predicted molar refractivity (Wildman–Crippen MR) is 181 cm³/mol. The maximum Gasteiger partial charge on any atom is 0.0521 e. The van der Waals surface area contributed by atoms with Gasteiger partial charge in [-0.05, 0) is 89.3 Å². The molecule has 0 unspecified atom stereocenters. The molecule has 0 N–H and O–H groups in total. The fraction of sp³-hybridized carbons (Fsp3) is 1.00. The van der Waals surface area contributed by atoms with E-state index in [0.717, 1.165) is 42.8 Å². The highest BCUT2D eigenvalue weighted by Gasteiger charge is 2.33. The number of hydrogen-bond donors (Lipinski definition) is 0. The molecule has 0 aromatic rings. The zero-order valence-electron chi connectivity index (χ0n) is 30.7. The fourth-order valence-electron chi connectivity index (χ4n) is 5.71. The first kappa shape index (κ1) is 38.0. The van der Waals surface area contributed by atoms with Crippen LogP contribution >= 0.6 is 0 Å². The lowest BCUT2D eigenvalue weighted by Crippen LogP contribution is -2.37. The lowest BCUT2D eigenvalue weighted by molar-refractivity contribution is -0.0821. The molecule has 5 aliphatic rings. The first-order chi connectivity index (χ1) is 18.0. The molecule has 0 atom stereocenters. The molecule has 0 aromatic heterocycles. The fourth-order valence-corrected chi connectivity index (χ4v) is 5.71. The van der Waals surface area contributed by atoms with Crippen LogP contribution in [0.15, 0.2) is 0 Å².